The fourth-order valence-corrected chi connectivity index (χ4v) is 3.95. The molecule has 1 saturated carbocycles. The highest BCUT2D eigenvalue weighted by Gasteiger charge is 2.41. The van der Waals surface area contributed by atoms with E-state index in [0.29, 0.717) is 6.04 Å². The number of fused-ring (bicyclic) bond motifs is 1. The summed E-state index contributed by atoms with van der Waals surface area (Å²) in [6, 6.07) is 22.4. The molecular weight excluding hydrogens is 256 g/mol. The van der Waals surface area contributed by atoms with Gasteiger partial charge in [0.05, 0.1) is 17.4 Å². The molecule has 2 aromatic rings. The topological polar surface area (TPSA) is 6.48 Å². The first kappa shape index (κ1) is 12.8. The number of hydrogen-bond acceptors (Lipinski definition) is 2. The second-order valence-electron chi connectivity index (χ2n) is 6.21. The van der Waals surface area contributed by atoms with Crippen molar-refractivity contribution in [1.82, 2.24) is 0 Å². The molecule has 1 saturated heterocycles. The molecule has 2 fully saturated rings. The molecular formula is C19H22N2. The molecule has 2 atom stereocenters. The van der Waals surface area contributed by atoms with Gasteiger partial charge in [-0.3, -0.25) is 10.0 Å². The second kappa shape index (κ2) is 5.44. The maximum absolute atomic E-state index is 2.55. The molecule has 2 aromatic carbocycles. The summed E-state index contributed by atoms with van der Waals surface area (Å²) in [6.07, 6.45) is 5.46. The number of para-hydroxylation sites is 2. The van der Waals surface area contributed by atoms with Crippen LogP contribution in [0.1, 0.15) is 25.7 Å². The van der Waals surface area contributed by atoms with E-state index in [1.54, 1.807) is 0 Å². The molecule has 0 N–H and O–H groups in total. The SMILES string of the molecule is c1ccc(N2CC3CCCCC3N2c2ccccc2)cc1. The first-order valence-corrected chi connectivity index (χ1v) is 8.10. The number of benzene rings is 2. The normalized spacial score (nSPS) is 25.0. The van der Waals surface area contributed by atoms with Crippen molar-refractivity contribution < 1.29 is 0 Å². The third kappa shape index (κ3) is 2.29. The molecule has 0 spiro atoms. The number of hydrogen-bond donors (Lipinski definition) is 0. The van der Waals surface area contributed by atoms with Crippen molar-refractivity contribution in [2.75, 3.05) is 16.6 Å². The Labute approximate surface area is 127 Å². The summed E-state index contributed by atoms with van der Waals surface area (Å²) < 4.78 is 0. The Morgan fingerprint density at radius 2 is 1.33 bits per heavy atom. The van der Waals surface area contributed by atoms with E-state index in [1.807, 2.05) is 0 Å². The molecule has 2 nitrogen and oxygen atoms in total. The zero-order valence-electron chi connectivity index (χ0n) is 12.4. The lowest BCUT2D eigenvalue weighted by atomic mass is 9.85. The Morgan fingerprint density at radius 3 is 2.05 bits per heavy atom. The first-order valence-electron chi connectivity index (χ1n) is 8.10. The van der Waals surface area contributed by atoms with E-state index in [2.05, 4.69) is 70.7 Å². The van der Waals surface area contributed by atoms with Crippen LogP contribution >= 0.6 is 0 Å². The largest absolute Gasteiger partial charge is 0.285 e. The number of anilines is 2. The number of hydrazine groups is 1. The van der Waals surface area contributed by atoms with Crippen LogP contribution in [-0.2, 0) is 0 Å². The van der Waals surface area contributed by atoms with Crippen LogP contribution in [-0.4, -0.2) is 12.6 Å². The van der Waals surface area contributed by atoms with Crippen molar-refractivity contribution in [1.29, 1.82) is 0 Å². The van der Waals surface area contributed by atoms with Gasteiger partial charge in [0.2, 0.25) is 0 Å². The maximum Gasteiger partial charge on any atom is 0.0577 e. The van der Waals surface area contributed by atoms with E-state index in [4.69, 9.17) is 0 Å². The van der Waals surface area contributed by atoms with Gasteiger partial charge in [0.25, 0.3) is 0 Å². The molecule has 1 aliphatic carbocycles. The van der Waals surface area contributed by atoms with Crippen molar-refractivity contribution in [3.8, 4) is 0 Å². The molecule has 1 heterocycles. The van der Waals surface area contributed by atoms with Crippen LogP contribution in [0.5, 0.6) is 0 Å². The summed E-state index contributed by atoms with van der Waals surface area (Å²) in [6.45, 7) is 1.16. The van der Waals surface area contributed by atoms with Gasteiger partial charge in [0.1, 0.15) is 0 Å². The predicted molar refractivity (Wildman–Crippen MR) is 88.5 cm³/mol. The third-order valence-electron chi connectivity index (χ3n) is 4.93. The Bertz CT molecular complexity index is 581. The van der Waals surface area contributed by atoms with Crippen molar-refractivity contribution in [3.63, 3.8) is 0 Å². The van der Waals surface area contributed by atoms with Gasteiger partial charge in [-0.05, 0) is 37.1 Å². The van der Waals surface area contributed by atoms with Crippen molar-refractivity contribution in [3.05, 3.63) is 60.7 Å². The summed E-state index contributed by atoms with van der Waals surface area (Å²) in [5, 5.41) is 5.05. The van der Waals surface area contributed by atoms with E-state index < -0.39 is 0 Å². The zero-order chi connectivity index (χ0) is 14.1. The fraction of sp³-hybridized carbons (Fsp3) is 0.368. The van der Waals surface area contributed by atoms with Crippen LogP contribution in [0.15, 0.2) is 60.7 Å². The Kier molecular flexibility index (Phi) is 3.30. The Balaban J connectivity index is 1.74. The van der Waals surface area contributed by atoms with Crippen LogP contribution < -0.4 is 10.0 Å². The minimum Gasteiger partial charge on any atom is -0.285 e. The molecule has 21 heavy (non-hydrogen) atoms. The van der Waals surface area contributed by atoms with Crippen molar-refractivity contribution in [2.45, 2.75) is 31.7 Å². The average molecular weight is 278 g/mol. The summed E-state index contributed by atoms with van der Waals surface area (Å²) in [5.74, 6) is 0.805. The summed E-state index contributed by atoms with van der Waals surface area (Å²) >= 11 is 0. The second-order valence-corrected chi connectivity index (χ2v) is 6.21. The lowest BCUT2D eigenvalue weighted by Crippen LogP contribution is -2.42. The first-order chi connectivity index (χ1) is 10.4. The quantitative estimate of drug-likeness (QED) is 0.798. The lowest BCUT2D eigenvalue weighted by molar-refractivity contribution is 0.355. The molecule has 108 valence electrons. The van der Waals surface area contributed by atoms with Gasteiger partial charge in [-0.2, -0.15) is 0 Å². The Hall–Kier alpha value is -1.96. The smallest absolute Gasteiger partial charge is 0.0577 e. The van der Waals surface area contributed by atoms with E-state index in [-0.39, 0.29) is 0 Å². The van der Waals surface area contributed by atoms with Crippen molar-refractivity contribution >= 4 is 11.4 Å². The van der Waals surface area contributed by atoms with Crippen LogP contribution in [0.25, 0.3) is 0 Å². The molecule has 0 amide bonds. The van der Waals surface area contributed by atoms with E-state index in [0.717, 1.165) is 12.5 Å². The molecule has 1 aliphatic heterocycles. The van der Waals surface area contributed by atoms with E-state index in [9.17, 15) is 0 Å². The number of nitrogens with zero attached hydrogens (tertiary/aromatic N) is 2. The summed E-state index contributed by atoms with van der Waals surface area (Å²) in [4.78, 5) is 0. The van der Waals surface area contributed by atoms with Gasteiger partial charge in [-0.25, -0.2) is 0 Å². The minimum absolute atomic E-state index is 0.668. The van der Waals surface area contributed by atoms with Crippen LogP contribution in [0.4, 0.5) is 11.4 Å². The zero-order valence-corrected chi connectivity index (χ0v) is 12.4. The monoisotopic (exact) mass is 278 g/mol. The van der Waals surface area contributed by atoms with Gasteiger partial charge >= 0.3 is 0 Å². The summed E-state index contributed by atoms with van der Waals surface area (Å²) in [5.41, 5.74) is 2.64. The molecule has 0 bridgehead atoms. The minimum atomic E-state index is 0.668. The van der Waals surface area contributed by atoms with Crippen molar-refractivity contribution in [2.24, 2.45) is 5.92 Å². The third-order valence-corrected chi connectivity index (χ3v) is 4.93. The molecule has 2 aliphatic rings. The van der Waals surface area contributed by atoms with Gasteiger partial charge in [0.15, 0.2) is 0 Å². The highest BCUT2D eigenvalue weighted by Crippen LogP contribution is 2.40. The molecule has 2 heteroatoms. The lowest BCUT2D eigenvalue weighted by Gasteiger charge is -2.37. The predicted octanol–water partition coefficient (Wildman–Crippen LogP) is 4.49. The Morgan fingerprint density at radius 1 is 0.714 bits per heavy atom. The number of rotatable bonds is 2. The average Bonchev–Trinajstić information content (AvgIpc) is 2.96. The van der Waals surface area contributed by atoms with Gasteiger partial charge in [-0.15, -0.1) is 0 Å². The van der Waals surface area contributed by atoms with Gasteiger partial charge < -0.3 is 0 Å². The standard InChI is InChI=1S/C19H22N2/c1-3-10-17(11-4-1)20-15-16-9-7-8-14-19(16)21(20)18-12-5-2-6-13-18/h1-6,10-13,16,19H,7-9,14-15H2. The van der Waals surface area contributed by atoms with Crippen LogP contribution in [0.2, 0.25) is 0 Å². The molecule has 2 unspecified atom stereocenters. The molecule has 0 aromatic heterocycles. The summed E-state index contributed by atoms with van der Waals surface area (Å²) in [7, 11) is 0. The maximum atomic E-state index is 2.55. The molecule has 4 rings (SSSR count). The highest BCUT2D eigenvalue weighted by molar-refractivity contribution is 5.60. The van der Waals surface area contributed by atoms with Crippen LogP contribution in [0, 0.1) is 5.92 Å². The molecule has 0 radical (unpaired) electrons. The van der Waals surface area contributed by atoms with Crippen LogP contribution in [0.3, 0.4) is 0 Å². The van der Waals surface area contributed by atoms with Gasteiger partial charge in [0, 0.05) is 12.5 Å². The van der Waals surface area contributed by atoms with Gasteiger partial charge in [-0.1, -0.05) is 49.2 Å². The highest BCUT2D eigenvalue weighted by atomic mass is 15.7. The fourth-order valence-electron chi connectivity index (χ4n) is 3.95. The van der Waals surface area contributed by atoms with E-state index >= 15 is 0 Å². The van der Waals surface area contributed by atoms with E-state index in [1.165, 1.54) is 37.1 Å².